The van der Waals surface area contributed by atoms with Crippen molar-refractivity contribution in [2.24, 2.45) is 0 Å². The van der Waals surface area contributed by atoms with Crippen LogP contribution in [0.1, 0.15) is 11.3 Å². The number of halogens is 1. The normalized spacial score (nSPS) is 11.1. The molecule has 0 amide bonds. The number of nitrogens with two attached hydrogens (primary N) is 2. The molecule has 0 bridgehead atoms. The molecule has 3 aromatic rings. The topological polar surface area (TPSA) is 95.1 Å². The van der Waals surface area contributed by atoms with Gasteiger partial charge in [-0.05, 0) is 30.5 Å². The summed E-state index contributed by atoms with van der Waals surface area (Å²) in [4.78, 5) is 4.32. The molecule has 3 rings (SSSR count). The molecule has 0 unspecified atom stereocenters. The van der Waals surface area contributed by atoms with Gasteiger partial charge >= 0.3 is 0 Å². The number of aromatic nitrogens is 4. The minimum Gasteiger partial charge on any atom is -0.381 e. The standard InChI is InChI=1S/C13H13ClN6/c14-9-3-1-2-8(6-9)4-5-10-7-20-12(11(15)17-10)18-19-13(20)16/h1-3,6-7H,4-5H2,(H2,15,17)(H2,16,19). The Kier molecular flexibility index (Phi) is 3.15. The first kappa shape index (κ1) is 12.7. The second-order valence-corrected chi connectivity index (χ2v) is 4.94. The summed E-state index contributed by atoms with van der Waals surface area (Å²) < 4.78 is 1.65. The Morgan fingerprint density at radius 3 is 2.80 bits per heavy atom. The van der Waals surface area contributed by atoms with Crippen LogP contribution in [-0.4, -0.2) is 19.6 Å². The van der Waals surface area contributed by atoms with Crippen molar-refractivity contribution < 1.29 is 0 Å². The second-order valence-electron chi connectivity index (χ2n) is 4.50. The van der Waals surface area contributed by atoms with E-state index in [4.69, 9.17) is 23.1 Å². The average molecular weight is 289 g/mol. The molecular weight excluding hydrogens is 276 g/mol. The minimum absolute atomic E-state index is 0.304. The average Bonchev–Trinajstić information content (AvgIpc) is 2.79. The second kappa shape index (κ2) is 4.97. The van der Waals surface area contributed by atoms with Gasteiger partial charge in [0, 0.05) is 11.2 Å². The van der Waals surface area contributed by atoms with E-state index in [1.54, 1.807) is 4.40 Å². The van der Waals surface area contributed by atoms with E-state index in [0.717, 1.165) is 29.1 Å². The van der Waals surface area contributed by atoms with Crippen molar-refractivity contribution in [3.8, 4) is 0 Å². The van der Waals surface area contributed by atoms with Crippen LogP contribution in [0.25, 0.3) is 5.65 Å². The summed E-state index contributed by atoms with van der Waals surface area (Å²) in [5, 5.41) is 8.38. The highest BCUT2D eigenvalue weighted by Gasteiger charge is 2.08. The molecule has 0 radical (unpaired) electrons. The van der Waals surface area contributed by atoms with E-state index in [9.17, 15) is 0 Å². The monoisotopic (exact) mass is 288 g/mol. The van der Waals surface area contributed by atoms with Crippen LogP contribution in [0.3, 0.4) is 0 Å². The van der Waals surface area contributed by atoms with Crippen LogP contribution < -0.4 is 11.5 Å². The largest absolute Gasteiger partial charge is 0.381 e. The highest BCUT2D eigenvalue weighted by atomic mass is 35.5. The van der Waals surface area contributed by atoms with Crippen LogP contribution in [0.15, 0.2) is 30.5 Å². The summed E-state index contributed by atoms with van der Waals surface area (Å²) in [6, 6.07) is 7.75. The Morgan fingerprint density at radius 1 is 1.15 bits per heavy atom. The molecule has 0 aliphatic carbocycles. The van der Waals surface area contributed by atoms with E-state index >= 15 is 0 Å². The van der Waals surface area contributed by atoms with Gasteiger partial charge in [0.05, 0.1) is 5.69 Å². The highest BCUT2D eigenvalue weighted by Crippen LogP contribution is 2.15. The number of hydrogen-bond donors (Lipinski definition) is 2. The van der Waals surface area contributed by atoms with Crippen LogP contribution >= 0.6 is 11.6 Å². The van der Waals surface area contributed by atoms with Gasteiger partial charge in [-0.2, -0.15) is 0 Å². The molecule has 6 nitrogen and oxygen atoms in total. The van der Waals surface area contributed by atoms with Gasteiger partial charge in [-0.1, -0.05) is 23.7 Å². The fraction of sp³-hybridized carbons (Fsp3) is 0.154. The summed E-state index contributed by atoms with van der Waals surface area (Å²) in [5.74, 6) is 0.635. The van der Waals surface area contributed by atoms with E-state index in [2.05, 4.69) is 15.2 Å². The lowest BCUT2D eigenvalue weighted by molar-refractivity contribution is 0.897. The first-order valence-electron chi connectivity index (χ1n) is 6.13. The Hall–Kier alpha value is -2.34. The molecule has 0 saturated heterocycles. The lowest BCUT2D eigenvalue weighted by Gasteiger charge is -2.05. The van der Waals surface area contributed by atoms with Crippen molar-refractivity contribution in [2.45, 2.75) is 12.8 Å². The van der Waals surface area contributed by atoms with Crippen LogP contribution in [0.4, 0.5) is 11.8 Å². The van der Waals surface area contributed by atoms with Gasteiger partial charge in [0.1, 0.15) is 0 Å². The Labute approximate surface area is 120 Å². The van der Waals surface area contributed by atoms with Gasteiger partial charge in [0.15, 0.2) is 5.82 Å². The molecule has 0 spiro atoms. The smallest absolute Gasteiger partial charge is 0.226 e. The summed E-state index contributed by atoms with van der Waals surface area (Å²) in [5.41, 5.74) is 14.0. The maximum absolute atomic E-state index is 5.96. The van der Waals surface area contributed by atoms with Gasteiger partial charge < -0.3 is 11.5 Å². The quantitative estimate of drug-likeness (QED) is 0.765. The number of rotatable bonds is 3. The number of benzene rings is 1. The van der Waals surface area contributed by atoms with Gasteiger partial charge in [0.25, 0.3) is 0 Å². The molecule has 2 aromatic heterocycles. The zero-order valence-corrected chi connectivity index (χ0v) is 11.4. The predicted octanol–water partition coefficient (Wildman–Crippen LogP) is 1.73. The Balaban J connectivity index is 1.86. The highest BCUT2D eigenvalue weighted by molar-refractivity contribution is 6.30. The molecule has 0 aliphatic rings. The number of hydrogen-bond acceptors (Lipinski definition) is 5. The van der Waals surface area contributed by atoms with E-state index in [1.165, 1.54) is 0 Å². The number of aryl methyl sites for hydroxylation is 2. The summed E-state index contributed by atoms with van der Waals surface area (Å²) in [6.45, 7) is 0. The molecule has 0 saturated carbocycles. The van der Waals surface area contributed by atoms with Crippen molar-refractivity contribution in [1.29, 1.82) is 0 Å². The van der Waals surface area contributed by atoms with E-state index in [-0.39, 0.29) is 0 Å². The fourth-order valence-corrected chi connectivity index (χ4v) is 2.29. The predicted molar refractivity (Wildman–Crippen MR) is 78.5 cm³/mol. The van der Waals surface area contributed by atoms with E-state index in [0.29, 0.717) is 17.4 Å². The van der Waals surface area contributed by atoms with Crippen molar-refractivity contribution >= 4 is 29.0 Å². The maximum atomic E-state index is 5.96. The molecule has 1 aromatic carbocycles. The van der Waals surface area contributed by atoms with Crippen molar-refractivity contribution in [3.05, 3.63) is 46.7 Å². The van der Waals surface area contributed by atoms with Crippen molar-refractivity contribution in [1.82, 2.24) is 19.6 Å². The van der Waals surface area contributed by atoms with Gasteiger partial charge in [-0.15, -0.1) is 10.2 Å². The third-order valence-corrected chi connectivity index (χ3v) is 3.29. The zero-order valence-electron chi connectivity index (χ0n) is 10.6. The lowest BCUT2D eigenvalue weighted by Crippen LogP contribution is -2.04. The third kappa shape index (κ3) is 2.37. The van der Waals surface area contributed by atoms with Gasteiger partial charge in [0.2, 0.25) is 11.6 Å². The summed E-state index contributed by atoms with van der Waals surface area (Å²) >= 11 is 5.96. The van der Waals surface area contributed by atoms with Crippen LogP contribution in [0, 0.1) is 0 Å². The first-order valence-corrected chi connectivity index (χ1v) is 6.51. The van der Waals surface area contributed by atoms with E-state index in [1.807, 2.05) is 30.5 Å². The third-order valence-electron chi connectivity index (χ3n) is 3.05. The number of nitrogen functional groups attached to an aromatic ring is 2. The molecule has 2 heterocycles. The summed E-state index contributed by atoms with van der Waals surface area (Å²) in [6.07, 6.45) is 3.37. The number of fused-ring (bicyclic) bond motifs is 1. The van der Waals surface area contributed by atoms with Gasteiger partial charge in [-0.3, -0.25) is 4.40 Å². The molecule has 0 atom stereocenters. The Morgan fingerprint density at radius 2 is 2.00 bits per heavy atom. The summed E-state index contributed by atoms with van der Waals surface area (Å²) in [7, 11) is 0. The fourth-order valence-electron chi connectivity index (χ4n) is 2.07. The molecule has 0 fully saturated rings. The van der Waals surface area contributed by atoms with Gasteiger partial charge in [-0.25, -0.2) is 4.98 Å². The minimum atomic E-state index is 0.304. The first-order chi connectivity index (χ1) is 9.63. The number of nitrogens with zero attached hydrogens (tertiary/aromatic N) is 4. The van der Waals surface area contributed by atoms with E-state index < -0.39 is 0 Å². The molecular formula is C13H13ClN6. The zero-order chi connectivity index (χ0) is 14.1. The molecule has 0 aliphatic heterocycles. The molecule has 7 heteroatoms. The van der Waals surface area contributed by atoms with Crippen LogP contribution in [0.2, 0.25) is 5.02 Å². The molecule has 102 valence electrons. The lowest BCUT2D eigenvalue weighted by atomic mass is 10.1. The van der Waals surface area contributed by atoms with Crippen molar-refractivity contribution in [3.63, 3.8) is 0 Å². The van der Waals surface area contributed by atoms with Crippen molar-refractivity contribution in [2.75, 3.05) is 11.5 Å². The van der Waals surface area contributed by atoms with Crippen LogP contribution in [-0.2, 0) is 12.8 Å². The Bertz CT molecular complexity index is 767. The van der Waals surface area contributed by atoms with Crippen LogP contribution in [0.5, 0.6) is 0 Å². The number of anilines is 2. The maximum Gasteiger partial charge on any atom is 0.226 e. The molecule has 4 N–H and O–H groups in total. The SMILES string of the molecule is Nc1nc(CCc2cccc(Cl)c2)cn2c(N)nnc12. The molecule has 20 heavy (non-hydrogen) atoms.